The topological polar surface area (TPSA) is 49.3 Å². The van der Waals surface area contributed by atoms with Gasteiger partial charge < -0.3 is 9.80 Å². The van der Waals surface area contributed by atoms with Crippen molar-refractivity contribution in [2.24, 2.45) is 0 Å². The van der Waals surface area contributed by atoms with Gasteiger partial charge in [0.1, 0.15) is 11.6 Å². The number of fused-ring (bicyclic) bond motifs is 1. The van der Waals surface area contributed by atoms with Crippen LogP contribution in [0.25, 0.3) is 0 Å². The molecular formula is C17H19BrN4O. The number of carbonyl (C=O) groups is 1. The first-order chi connectivity index (χ1) is 11.0. The average Bonchev–Trinajstić information content (AvgIpc) is 2.53. The molecule has 0 saturated carbocycles. The van der Waals surface area contributed by atoms with E-state index >= 15 is 0 Å². The van der Waals surface area contributed by atoms with Crippen LogP contribution in [0.4, 0.5) is 5.82 Å². The van der Waals surface area contributed by atoms with E-state index in [0.29, 0.717) is 18.7 Å². The highest BCUT2D eigenvalue weighted by Gasteiger charge is 2.26. The zero-order chi connectivity index (χ0) is 16.6. The minimum absolute atomic E-state index is 0.0495. The predicted octanol–water partition coefficient (Wildman–Crippen LogP) is 2.81. The Labute approximate surface area is 144 Å². The summed E-state index contributed by atoms with van der Waals surface area (Å²) in [4.78, 5) is 25.7. The van der Waals surface area contributed by atoms with Crippen molar-refractivity contribution in [2.75, 3.05) is 25.5 Å². The zero-order valence-corrected chi connectivity index (χ0v) is 15.1. The van der Waals surface area contributed by atoms with Gasteiger partial charge in [0.15, 0.2) is 0 Å². The van der Waals surface area contributed by atoms with Crippen molar-refractivity contribution < 1.29 is 4.79 Å². The van der Waals surface area contributed by atoms with Gasteiger partial charge in [0.25, 0.3) is 5.91 Å². The normalized spacial score (nSPS) is 13.7. The van der Waals surface area contributed by atoms with Crippen LogP contribution in [0.1, 0.15) is 27.4 Å². The zero-order valence-electron chi connectivity index (χ0n) is 13.5. The highest BCUT2D eigenvalue weighted by molar-refractivity contribution is 9.10. The molecule has 2 aromatic rings. The highest BCUT2D eigenvalue weighted by atomic mass is 79.9. The smallest absolute Gasteiger partial charge is 0.254 e. The molecule has 0 atom stereocenters. The van der Waals surface area contributed by atoms with Crippen molar-refractivity contribution in [3.63, 3.8) is 0 Å². The van der Waals surface area contributed by atoms with E-state index in [9.17, 15) is 4.79 Å². The lowest BCUT2D eigenvalue weighted by atomic mass is 10.0. The van der Waals surface area contributed by atoms with Gasteiger partial charge in [-0.1, -0.05) is 15.9 Å². The number of amides is 1. The standard InChI is InChI=1S/C17H19BrN4O/c1-11-19-15-8-9-22(10-14(15)16(20-11)21(2)3)17(23)12-4-6-13(18)7-5-12/h4-7H,8-10H2,1-3H3. The average molecular weight is 375 g/mol. The number of aromatic nitrogens is 2. The third-order valence-corrected chi connectivity index (χ3v) is 4.48. The Bertz CT molecular complexity index is 743. The second-order valence-corrected chi connectivity index (χ2v) is 6.81. The van der Waals surface area contributed by atoms with Gasteiger partial charge in [-0.2, -0.15) is 0 Å². The van der Waals surface area contributed by atoms with E-state index in [1.807, 2.05) is 55.1 Å². The first kappa shape index (κ1) is 15.9. The van der Waals surface area contributed by atoms with Crippen molar-refractivity contribution >= 4 is 27.7 Å². The van der Waals surface area contributed by atoms with Crippen LogP contribution in [0.15, 0.2) is 28.7 Å². The maximum absolute atomic E-state index is 12.7. The number of anilines is 1. The molecule has 1 aliphatic heterocycles. The third kappa shape index (κ3) is 3.22. The summed E-state index contributed by atoms with van der Waals surface area (Å²) < 4.78 is 0.969. The number of hydrogen-bond acceptors (Lipinski definition) is 4. The quantitative estimate of drug-likeness (QED) is 0.810. The molecule has 6 heteroatoms. The molecule has 0 bridgehead atoms. The SMILES string of the molecule is Cc1nc2c(c(N(C)C)n1)CN(C(=O)c1ccc(Br)cc1)CC2. The minimum Gasteiger partial charge on any atom is -0.362 e. The summed E-state index contributed by atoms with van der Waals surface area (Å²) in [6.07, 6.45) is 0.766. The maximum atomic E-state index is 12.7. The summed E-state index contributed by atoms with van der Waals surface area (Å²) in [5, 5.41) is 0. The van der Waals surface area contributed by atoms with Crippen LogP contribution in [0.3, 0.4) is 0 Å². The van der Waals surface area contributed by atoms with Gasteiger partial charge in [0.05, 0.1) is 12.2 Å². The molecule has 0 aliphatic carbocycles. The van der Waals surface area contributed by atoms with Gasteiger partial charge in [-0.25, -0.2) is 9.97 Å². The number of hydrogen-bond donors (Lipinski definition) is 0. The molecule has 23 heavy (non-hydrogen) atoms. The Balaban J connectivity index is 1.90. The molecule has 3 rings (SSSR count). The van der Waals surface area contributed by atoms with Gasteiger partial charge in [-0.3, -0.25) is 4.79 Å². The molecular weight excluding hydrogens is 356 g/mol. The Morgan fingerprint density at radius 3 is 2.57 bits per heavy atom. The molecule has 5 nitrogen and oxygen atoms in total. The molecule has 1 aromatic carbocycles. The molecule has 2 heterocycles. The lowest BCUT2D eigenvalue weighted by Gasteiger charge is -2.31. The van der Waals surface area contributed by atoms with Gasteiger partial charge in [0, 0.05) is 42.7 Å². The number of halogens is 1. The van der Waals surface area contributed by atoms with E-state index in [1.54, 1.807) is 0 Å². The molecule has 0 N–H and O–H groups in total. The first-order valence-corrected chi connectivity index (χ1v) is 8.33. The Hall–Kier alpha value is -1.95. The van der Waals surface area contributed by atoms with Crippen molar-refractivity contribution in [3.05, 3.63) is 51.4 Å². The number of benzene rings is 1. The van der Waals surface area contributed by atoms with Crippen LogP contribution in [0.2, 0.25) is 0 Å². The predicted molar refractivity (Wildman–Crippen MR) is 93.7 cm³/mol. The van der Waals surface area contributed by atoms with Crippen LogP contribution >= 0.6 is 15.9 Å². The maximum Gasteiger partial charge on any atom is 0.254 e. The van der Waals surface area contributed by atoms with Gasteiger partial charge >= 0.3 is 0 Å². The lowest BCUT2D eigenvalue weighted by Crippen LogP contribution is -2.37. The summed E-state index contributed by atoms with van der Waals surface area (Å²) >= 11 is 3.40. The third-order valence-electron chi connectivity index (χ3n) is 3.95. The molecule has 120 valence electrons. The van der Waals surface area contributed by atoms with Crippen LogP contribution < -0.4 is 4.90 Å². The van der Waals surface area contributed by atoms with Crippen molar-refractivity contribution in [2.45, 2.75) is 19.9 Å². The summed E-state index contributed by atoms with van der Waals surface area (Å²) in [5.74, 6) is 1.73. The number of rotatable bonds is 2. The molecule has 1 amide bonds. The highest BCUT2D eigenvalue weighted by Crippen LogP contribution is 2.26. The van der Waals surface area contributed by atoms with Gasteiger partial charge in [-0.05, 0) is 31.2 Å². The summed E-state index contributed by atoms with van der Waals surface area (Å²) in [7, 11) is 3.94. The van der Waals surface area contributed by atoms with Crippen molar-refractivity contribution in [1.82, 2.24) is 14.9 Å². The van der Waals surface area contributed by atoms with E-state index in [4.69, 9.17) is 0 Å². The molecule has 0 spiro atoms. The van der Waals surface area contributed by atoms with Crippen LogP contribution in [0, 0.1) is 6.92 Å². The van der Waals surface area contributed by atoms with Crippen molar-refractivity contribution in [3.8, 4) is 0 Å². The van der Waals surface area contributed by atoms with Gasteiger partial charge in [0.2, 0.25) is 0 Å². The molecule has 0 fully saturated rings. The summed E-state index contributed by atoms with van der Waals surface area (Å²) in [6, 6.07) is 7.48. The van der Waals surface area contributed by atoms with Crippen molar-refractivity contribution in [1.29, 1.82) is 0 Å². The van der Waals surface area contributed by atoms with E-state index in [-0.39, 0.29) is 5.91 Å². The van der Waals surface area contributed by atoms with Crippen LogP contribution in [-0.4, -0.2) is 41.4 Å². The first-order valence-electron chi connectivity index (χ1n) is 7.54. The summed E-state index contributed by atoms with van der Waals surface area (Å²) in [5.41, 5.74) is 2.81. The largest absolute Gasteiger partial charge is 0.362 e. The molecule has 0 unspecified atom stereocenters. The fourth-order valence-electron chi connectivity index (χ4n) is 2.84. The second kappa shape index (κ2) is 6.28. The molecule has 1 aliphatic rings. The van der Waals surface area contributed by atoms with E-state index < -0.39 is 0 Å². The Kier molecular flexibility index (Phi) is 4.35. The number of aryl methyl sites for hydroxylation is 1. The summed E-state index contributed by atoms with van der Waals surface area (Å²) in [6.45, 7) is 3.15. The van der Waals surface area contributed by atoms with Gasteiger partial charge in [-0.15, -0.1) is 0 Å². The molecule has 0 saturated heterocycles. The Morgan fingerprint density at radius 1 is 1.22 bits per heavy atom. The van der Waals surface area contributed by atoms with E-state index in [2.05, 4.69) is 25.9 Å². The fraction of sp³-hybridized carbons (Fsp3) is 0.353. The lowest BCUT2D eigenvalue weighted by molar-refractivity contribution is 0.0733. The molecule has 0 radical (unpaired) electrons. The Morgan fingerprint density at radius 2 is 1.91 bits per heavy atom. The van der Waals surface area contributed by atoms with E-state index in [0.717, 1.165) is 33.8 Å². The molecule has 1 aromatic heterocycles. The monoisotopic (exact) mass is 374 g/mol. The van der Waals surface area contributed by atoms with Crippen LogP contribution in [0.5, 0.6) is 0 Å². The fourth-order valence-corrected chi connectivity index (χ4v) is 3.10. The number of nitrogens with zero attached hydrogens (tertiary/aromatic N) is 4. The van der Waals surface area contributed by atoms with Crippen LogP contribution in [-0.2, 0) is 13.0 Å². The van der Waals surface area contributed by atoms with E-state index in [1.165, 1.54) is 0 Å². The minimum atomic E-state index is 0.0495. The second-order valence-electron chi connectivity index (χ2n) is 5.90. The number of carbonyl (C=O) groups excluding carboxylic acids is 1.